The van der Waals surface area contributed by atoms with Crippen LogP contribution in [0.25, 0.3) is 0 Å². The Hall–Kier alpha value is -2.59. The van der Waals surface area contributed by atoms with Gasteiger partial charge in [-0.2, -0.15) is 4.31 Å². The molecule has 30 heavy (non-hydrogen) atoms. The fourth-order valence-electron chi connectivity index (χ4n) is 3.87. The summed E-state index contributed by atoms with van der Waals surface area (Å²) in [5.74, 6) is -0.565. The Balaban J connectivity index is 1.32. The minimum Gasteiger partial charge on any atom is -0.472 e. The number of piperidine rings is 2. The Morgan fingerprint density at radius 3 is 2.40 bits per heavy atom. The lowest BCUT2D eigenvalue weighted by Crippen LogP contribution is -2.46. The van der Waals surface area contributed by atoms with E-state index >= 15 is 0 Å². The van der Waals surface area contributed by atoms with Crippen molar-refractivity contribution in [1.29, 1.82) is 0 Å². The van der Waals surface area contributed by atoms with Gasteiger partial charge in [0, 0.05) is 32.2 Å². The molecule has 10 heteroatoms. The predicted octanol–water partition coefficient (Wildman–Crippen LogP) is 2.08. The van der Waals surface area contributed by atoms with Crippen LogP contribution in [-0.2, 0) is 10.0 Å². The molecule has 2 aliphatic heterocycles. The number of nitrogens with zero attached hydrogens (tertiary/aromatic N) is 2. The van der Waals surface area contributed by atoms with E-state index in [1.807, 2.05) is 0 Å². The molecule has 9 nitrogen and oxygen atoms in total. The first-order valence-corrected chi connectivity index (χ1v) is 11.6. The van der Waals surface area contributed by atoms with Gasteiger partial charge in [-0.05, 0) is 43.9 Å². The lowest BCUT2D eigenvalue weighted by Gasteiger charge is -2.32. The van der Waals surface area contributed by atoms with Crippen LogP contribution < -0.4 is 5.32 Å². The van der Waals surface area contributed by atoms with Crippen LogP contribution in [0.5, 0.6) is 0 Å². The maximum Gasteiger partial charge on any atom is 0.287 e. The third kappa shape index (κ3) is 4.29. The average Bonchev–Trinajstić information content (AvgIpc) is 3.47. The van der Waals surface area contributed by atoms with Gasteiger partial charge in [-0.15, -0.1) is 0 Å². The Bertz CT molecular complexity index is 984. The van der Waals surface area contributed by atoms with Crippen molar-refractivity contribution in [2.75, 3.05) is 26.2 Å². The van der Waals surface area contributed by atoms with Crippen molar-refractivity contribution in [2.45, 2.75) is 43.2 Å². The van der Waals surface area contributed by atoms with Crippen LogP contribution in [0.2, 0.25) is 0 Å². The van der Waals surface area contributed by atoms with E-state index in [9.17, 15) is 18.0 Å². The number of amides is 2. The Morgan fingerprint density at radius 2 is 1.73 bits per heavy atom. The van der Waals surface area contributed by atoms with E-state index in [4.69, 9.17) is 8.83 Å². The van der Waals surface area contributed by atoms with Gasteiger partial charge in [0.05, 0.1) is 11.8 Å². The highest BCUT2D eigenvalue weighted by Crippen LogP contribution is 2.23. The Labute approximate surface area is 175 Å². The van der Waals surface area contributed by atoms with Crippen molar-refractivity contribution in [2.24, 2.45) is 0 Å². The molecule has 0 unspecified atom stereocenters. The molecule has 2 aliphatic rings. The van der Waals surface area contributed by atoms with Crippen molar-refractivity contribution in [1.82, 2.24) is 14.5 Å². The van der Waals surface area contributed by atoms with Crippen LogP contribution in [0, 0.1) is 0 Å². The monoisotopic (exact) mass is 435 g/mol. The minimum atomic E-state index is -3.71. The van der Waals surface area contributed by atoms with Crippen LogP contribution in [0.15, 0.2) is 44.7 Å². The van der Waals surface area contributed by atoms with Gasteiger partial charge >= 0.3 is 0 Å². The number of furan rings is 2. The maximum atomic E-state index is 12.7. The number of nitrogens with one attached hydrogen (secondary N) is 1. The summed E-state index contributed by atoms with van der Waals surface area (Å²) in [4.78, 5) is 26.6. The first kappa shape index (κ1) is 20.7. The molecule has 2 fully saturated rings. The summed E-state index contributed by atoms with van der Waals surface area (Å²) < 4.78 is 37.1. The molecule has 0 bridgehead atoms. The molecule has 4 heterocycles. The number of hydrogen-bond donors (Lipinski definition) is 1. The molecule has 0 aliphatic carbocycles. The Morgan fingerprint density at radius 1 is 1.00 bits per heavy atom. The molecule has 1 N–H and O–H groups in total. The lowest BCUT2D eigenvalue weighted by atomic mass is 10.0. The predicted molar refractivity (Wildman–Crippen MR) is 106 cm³/mol. The SMILES string of the molecule is O=C(NC1CCN(C(=O)c2ccoc2)CC1)c1ccc(S(=O)(=O)N2CCCCC2)o1. The Kier molecular flexibility index (Phi) is 5.96. The number of sulfonamides is 1. The molecule has 0 saturated carbocycles. The summed E-state index contributed by atoms with van der Waals surface area (Å²) in [7, 11) is -3.71. The molecule has 0 radical (unpaired) electrons. The minimum absolute atomic E-state index is 0.0255. The summed E-state index contributed by atoms with van der Waals surface area (Å²) in [6.45, 7) is 1.98. The van der Waals surface area contributed by atoms with E-state index in [1.165, 1.54) is 29.0 Å². The van der Waals surface area contributed by atoms with Crippen LogP contribution in [0.1, 0.15) is 53.0 Å². The standard InChI is InChI=1S/C20H25N3O6S/c24-19(17-4-5-18(29-17)30(26,27)23-9-2-1-3-10-23)21-16-6-11-22(12-7-16)20(25)15-8-13-28-14-15/h4-5,8,13-14,16H,1-3,6-7,9-12H2,(H,21,24). The molecule has 162 valence electrons. The third-order valence-electron chi connectivity index (χ3n) is 5.60. The maximum absolute atomic E-state index is 12.7. The highest BCUT2D eigenvalue weighted by atomic mass is 32.2. The molecule has 0 aromatic carbocycles. The van der Waals surface area contributed by atoms with Gasteiger partial charge in [0.2, 0.25) is 5.09 Å². The molecule has 2 saturated heterocycles. The largest absolute Gasteiger partial charge is 0.472 e. The van der Waals surface area contributed by atoms with Gasteiger partial charge in [-0.3, -0.25) is 9.59 Å². The first-order chi connectivity index (χ1) is 14.4. The zero-order valence-corrected chi connectivity index (χ0v) is 17.4. The highest BCUT2D eigenvalue weighted by molar-refractivity contribution is 7.89. The number of likely N-dealkylation sites (tertiary alicyclic amines) is 1. The molecule has 0 spiro atoms. The normalized spacial score (nSPS) is 19.0. The highest BCUT2D eigenvalue weighted by Gasteiger charge is 2.30. The zero-order valence-electron chi connectivity index (χ0n) is 16.6. The number of rotatable bonds is 5. The second-order valence-electron chi connectivity index (χ2n) is 7.64. The first-order valence-electron chi connectivity index (χ1n) is 10.2. The number of hydrogen-bond acceptors (Lipinski definition) is 6. The molecule has 0 atom stereocenters. The van der Waals surface area contributed by atoms with E-state index in [-0.39, 0.29) is 22.8 Å². The van der Waals surface area contributed by atoms with Gasteiger partial charge in [0.15, 0.2) is 5.76 Å². The smallest absolute Gasteiger partial charge is 0.287 e. The van der Waals surface area contributed by atoms with Crippen LogP contribution in [0.3, 0.4) is 0 Å². The van der Waals surface area contributed by atoms with E-state index in [1.54, 1.807) is 11.0 Å². The van der Waals surface area contributed by atoms with Crippen molar-refractivity contribution >= 4 is 21.8 Å². The second kappa shape index (κ2) is 8.65. The molecular formula is C20H25N3O6S. The average molecular weight is 436 g/mol. The van der Waals surface area contributed by atoms with Gasteiger partial charge < -0.3 is 19.1 Å². The second-order valence-corrected chi connectivity index (χ2v) is 9.50. The van der Waals surface area contributed by atoms with Crippen LogP contribution in [-0.4, -0.2) is 61.7 Å². The summed E-state index contributed by atoms with van der Waals surface area (Å²) >= 11 is 0. The van der Waals surface area contributed by atoms with Crippen molar-refractivity contribution in [3.05, 3.63) is 42.0 Å². The summed E-state index contributed by atoms with van der Waals surface area (Å²) in [6.07, 6.45) is 6.77. The fourth-order valence-corrected chi connectivity index (χ4v) is 5.29. The van der Waals surface area contributed by atoms with Gasteiger partial charge in [0.25, 0.3) is 21.8 Å². The summed E-state index contributed by atoms with van der Waals surface area (Å²) in [5, 5.41) is 2.68. The van der Waals surface area contributed by atoms with Gasteiger partial charge in [-0.1, -0.05) is 6.42 Å². The zero-order chi connectivity index (χ0) is 21.1. The molecule has 2 amide bonds. The van der Waals surface area contributed by atoms with Crippen molar-refractivity contribution in [3.63, 3.8) is 0 Å². The van der Waals surface area contributed by atoms with Crippen molar-refractivity contribution < 1.29 is 26.8 Å². The lowest BCUT2D eigenvalue weighted by molar-refractivity contribution is 0.0694. The molecular weight excluding hydrogens is 410 g/mol. The van der Waals surface area contributed by atoms with E-state index in [2.05, 4.69) is 5.32 Å². The summed E-state index contributed by atoms with van der Waals surface area (Å²) in [6, 6.07) is 4.25. The van der Waals surface area contributed by atoms with E-state index in [0.717, 1.165) is 19.3 Å². The molecule has 4 rings (SSSR count). The van der Waals surface area contributed by atoms with Crippen LogP contribution in [0.4, 0.5) is 0 Å². The fraction of sp³-hybridized carbons (Fsp3) is 0.500. The topological polar surface area (TPSA) is 113 Å². The number of carbonyl (C=O) groups excluding carboxylic acids is 2. The quantitative estimate of drug-likeness (QED) is 0.769. The van der Waals surface area contributed by atoms with Crippen molar-refractivity contribution in [3.8, 4) is 0 Å². The van der Waals surface area contributed by atoms with Crippen LogP contribution >= 0.6 is 0 Å². The molecule has 2 aromatic rings. The summed E-state index contributed by atoms with van der Waals surface area (Å²) in [5.41, 5.74) is 0.510. The van der Waals surface area contributed by atoms with Gasteiger partial charge in [0.1, 0.15) is 6.26 Å². The number of carbonyl (C=O) groups is 2. The van der Waals surface area contributed by atoms with E-state index < -0.39 is 15.9 Å². The third-order valence-corrected chi connectivity index (χ3v) is 7.37. The molecule has 2 aromatic heterocycles. The van der Waals surface area contributed by atoms with Gasteiger partial charge in [-0.25, -0.2) is 8.42 Å². The van der Waals surface area contributed by atoms with E-state index in [0.29, 0.717) is 44.6 Å².